The van der Waals surface area contributed by atoms with Crippen LogP contribution < -0.4 is 5.19 Å². The summed E-state index contributed by atoms with van der Waals surface area (Å²) in [6, 6.07) is 17.6. The Bertz CT molecular complexity index is 1120. The van der Waals surface area contributed by atoms with Crippen molar-refractivity contribution in [3.8, 4) is 0 Å². The van der Waals surface area contributed by atoms with Crippen molar-refractivity contribution in [1.82, 2.24) is 4.31 Å². The molecular weight excluding hydrogens is 422 g/mol. The van der Waals surface area contributed by atoms with Crippen molar-refractivity contribution >= 4 is 29.1 Å². The van der Waals surface area contributed by atoms with Crippen LogP contribution in [-0.4, -0.2) is 39.7 Å². The third-order valence-electron chi connectivity index (χ3n) is 7.13. The van der Waals surface area contributed by atoms with Crippen molar-refractivity contribution in [2.75, 3.05) is 13.1 Å². The van der Waals surface area contributed by atoms with Crippen molar-refractivity contribution in [2.45, 2.75) is 44.7 Å². The minimum atomic E-state index is -3.60. The van der Waals surface area contributed by atoms with E-state index in [9.17, 15) is 13.2 Å². The third kappa shape index (κ3) is 3.97. The first-order valence-corrected chi connectivity index (χ1v) is 15.4. The molecule has 0 bridgehead atoms. The number of carbonyl (C=O) groups excluding carboxylic acids is 1. The lowest BCUT2D eigenvalue weighted by Gasteiger charge is -2.30. The minimum absolute atomic E-state index is 0.0179. The summed E-state index contributed by atoms with van der Waals surface area (Å²) in [6.07, 6.45) is 1.14. The highest BCUT2D eigenvalue weighted by Gasteiger charge is 2.44. The average molecular weight is 454 g/mol. The van der Waals surface area contributed by atoms with E-state index in [0.29, 0.717) is 30.8 Å². The largest absolute Gasteiger partial charge is 0.299 e. The molecule has 0 saturated heterocycles. The minimum Gasteiger partial charge on any atom is -0.299 e. The SMILES string of the molecule is Cc1ccc(S(=O)(=O)N2CCC([Si](C)(C)c3ccccc3)=C3C(CC(=O)C3C)C2)cc1. The van der Waals surface area contributed by atoms with Crippen LogP contribution in [0, 0.1) is 18.8 Å². The molecule has 4 nitrogen and oxygen atoms in total. The van der Waals surface area contributed by atoms with Gasteiger partial charge in [-0.1, -0.05) is 84.0 Å². The molecule has 1 fully saturated rings. The highest BCUT2D eigenvalue weighted by molar-refractivity contribution is 7.89. The van der Waals surface area contributed by atoms with Gasteiger partial charge in [0.2, 0.25) is 10.0 Å². The molecule has 2 unspecified atom stereocenters. The third-order valence-corrected chi connectivity index (χ3v) is 12.8. The smallest absolute Gasteiger partial charge is 0.243 e. The van der Waals surface area contributed by atoms with E-state index in [2.05, 4.69) is 37.4 Å². The van der Waals surface area contributed by atoms with Crippen LogP contribution in [0.15, 0.2) is 70.3 Å². The second kappa shape index (κ2) is 8.15. The summed E-state index contributed by atoms with van der Waals surface area (Å²) in [5.74, 6) is 0.109. The number of rotatable bonds is 4. The van der Waals surface area contributed by atoms with E-state index in [-0.39, 0.29) is 17.6 Å². The van der Waals surface area contributed by atoms with Crippen molar-refractivity contribution in [2.24, 2.45) is 11.8 Å². The van der Waals surface area contributed by atoms with E-state index in [0.717, 1.165) is 5.56 Å². The number of nitrogens with zero attached hydrogens (tertiary/aromatic N) is 1. The maximum absolute atomic E-state index is 13.5. The van der Waals surface area contributed by atoms with Gasteiger partial charge in [0.1, 0.15) is 13.9 Å². The van der Waals surface area contributed by atoms with E-state index in [1.807, 2.05) is 32.0 Å². The Hall–Kier alpha value is -2.02. The van der Waals surface area contributed by atoms with Crippen LogP contribution in [-0.2, 0) is 14.8 Å². The van der Waals surface area contributed by atoms with Gasteiger partial charge in [-0.2, -0.15) is 4.31 Å². The Morgan fingerprint density at radius 3 is 2.29 bits per heavy atom. The molecule has 1 aliphatic carbocycles. The Morgan fingerprint density at radius 2 is 1.65 bits per heavy atom. The zero-order valence-corrected chi connectivity index (χ0v) is 20.6. The highest BCUT2D eigenvalue weighted by atomic mass is 32.2. The van der Waals surface area contributed by atoms with Crippen molar-refractivity contribution in [3.63, 3.8) is 0 Å². The molecule has 2 aliphatic rings. The fraction of sp³-hybridized carbons (Fsp3) is 0.400. The van der Waals surface area contributed by atoms with Crippen LogP contribution in [0.5, 0.6) is 0 Å². The summed E-state index contributed by atoms with van der Waals surface area (Å²) in [7, 11) is -5.64. The number of hydrogen-bond donors (Lipinski definition) is 0. The Balaban J connectivity index is 1.75. The lowest BCUT2D eigenvalue weighted by Crippen LogP contribution is -2.45. The molecule has 0 N–H and O–H groups in total. The van der Waals surface area contributed by atoms with Gasteiger partial charge in [-0.05, 0) is 25.5 Å². The zero-order valence-electron chi connectivity index (χ0n) is 18.8. The molecular formula is C25H31NO3SSi. The van der Waals surface area contributed by atoms with Crippen LogP contribution in [0.3, 0.4) is 0 Å². The topological polar surface area (TPSA) is 54.5 Å². The molecule has 1 heterocycles. The van der Waals surface area contributed by atoms with Crippen LogP contribution in [0.1, 0.15) is 25.3 Å². The fourth-order valence-corrected chi connectivity index (χ4v) is 9.96. The number of ketones is 1. The van der Waals surface area contributed by atoms with Gasteiger partial charge in [-0.3, -0.25) is 4.79 Å². The molecule has 0 amide bonds. The van der Waals surface area contributed by atoms with Gasteiger partial charge in [0, 0.05) is 31.3 Å². The Morgan fingerprint density at radius 1 is 1.00 bits per heavy atom. The Labute approximate surface area is 187 Å². The molecule has 4 rings (SSSR count). The van der Waals surface area contributed by atoms with Crippen molar-refractivity contribution in [1.29, 1.82) is 0 Å². The summed E-state index contributed by atoms with van der Waals surface area (Å²) in [5.41, 5.74) is 2.26. The molecule has 1 aliphatic heterocycles. The summed E-state index contributed by atoms with van der Waals surface area (Å²) in [6.45, 7) is 9.49. The van der Waals surface area contributed by atoms with Gasteiger partial charge < -0.3 is 0 Å². The summed E-state index contributed by atoms with van der Waals surface area (Å²) >= 11 is 0. The van der Waals surface area contributed by atoms with Crippen LogP contribution in [0.2, 0.25) is 13.1 Å². The number of benzene rings is 2. The molecule has 31 heavy (non-hydrogen) atoms. The van der Waals surface area contributed by atoms with Gasteiger partial charge in [0.15, 0.2) is 0 Å². The predicted octanol–water partition coefficient (Wildman–Crippen LogP) is 4.07. The molecule has 164 valence electrons. The molecule has 0 radical (unpaired) electrons. The fourth-order valence-electron chi connectivity index (χ4n) is 5.23. The number of hydrogen-bond acceptors (Lipinski definition) is 3. The second-order valence-corrected chi connectivity index (χ2v) is 15.8. The number of Topliss-reactive ketones (excluding diaryl/α,β-unsaturated/α-hetero) is 1. The van der Waals surface area contributed by atoms with Crippen LogP contribution in [0.25, 0.3) is 0 Å². The van der Waals surface area contributed by atoms with Crippen LogP contribution >= 0.6 is 0 Å². The first-order valence-electron chi connectivity index (χ1n) is 11.0. The zero-order chi connectivity index (χ0) is 22.4. The lowest BCUT2D eigenvalue weighted by atomic mass is 9.97. The number of fused-ring (bicyclic) bond motifs is 1. The number of aryl methyl sites for hydroxylation is 1. The summed E-state index contributed by atoms with van der Waals surface area (Å²) in [5, 5.41) is 2.70. The molecule has 6 heteroatoms. The first-order chi connectivity index (χ1) is 14.6. The van der Waals surface area contributed by atoms with Gasteiger partial charge in [0.25, 0.3) is 0 Å². The maximum atomic E-state index is 13.5. The molecule has 0 aromatic heterocycles. The normalized spacial score (nSPS) is 23.0. The highest BCUT2D eigenvalue weighted by Crippen LogP contribution is 2.42. The number of sulfonamides is 1. The molecule has 2 aromatic rings. The quantitative estimate of drug-likeness (QED) is 0.656. The standard InChI is InChI=1S/C25H31NO3SSi/c1-18-10-12-21(13-11-18)30(28,29)26-15-14-24(25-19(2)23(27)16-20(25)17-26)31(3,4)22-8-6-5-7-9-22/h5-13,19-20H,14-17H2,1-4H3. The van der Waals surface area contributed by atoms with Crippen LogP contribution in [0.4, 0.5) is 0 Å². The maximum Gasteiger partial charge on any atom is 0.243 e. The monoisotopic (exact) mass is 453 g/mol. The summed E-state index contributed by atoms with van der Waals surface area (Å²) < 4.78 is 28.5. The molecule has 1 saturated carbocycles. The average Bonchev–Trinajstić information content (AvgIpc) is 2.91. The molecule has 0 spiro atoms. The van der Waals surface area contributed by atoms with E-state index >= 15 is 0 Å². The first kappa shape index (κ1) is 22.2. The van der Waals surface area contributed by atoms with E-state index in [1.165, 1.54) is 16.0 Å². The molecule has 2 aromatic carbocycles. The van der Waals surface area contributed by atoms with Gasteiger partial charge in [-0.15, -0.1) is 0 Å². The van der Waals surface area contributed by atoms with Gasteiger partial charge >= 0.3 is 0 Å². The van der Waals surface area contributed by atoms with Gasteiger partial charge in [-0.25, -0.2) is 8.42 Å². The Kier molecular flexibility index (Phi) is 5.83. The van der Waals surface area contributed by atoms with E-state index < -0.39 is 18.1 Å². The second-order valence-electron chi connectivity index (χ2n) is 9.44. The van der Waals surface area contributed by atoms with Crippen molar-refractivity contribution in [3.05, 3.63) is 70.9 Å². The van der Waals surface area contributed by atoms with E-state index in [4.69, 9.17) is 0 Å². The van der Waals surface area contributed by atoms with Crippen molar-refractivity contribution < 1.29 is 13.2 Å². The number of carbonyl (C=O) groups is 1. The molecule has 2 atom stereocenters. The van der Waals surface area contributed by atoms with Gasteiger partial charge in [0.05, 0.1) is 4.90 Å². The predicted molar refractivity (Wildman–Crippen MR) is 127 cm³/mol. The summed E-state index contributed by atoms with van der Waals surface area (Å²) in [4.78, 5) is 13.1. The van der Waals surface area contributed by atoms with E-state index in [1.54, 1.807) is 16.4 Å². The lowest BCUT2D eigenvalue weighted by molar-refractivity contribution is -0.120.